The molecule has 7 rings (SSSR count). The molecule has 3 fully saturated rings. The Morgan fingerprint density at radius 1 is 1.23 bits per heavy atom. The summed E-state index contributed by atoms with van der Waals surface area (Å²) in [5.41, 5.74) is 2.41. The normalized spacial score (nSPS) is 38.5. The largest absolute Gasteiger partial charge is 0.504 e. The number of carbonyl (C=O) groups is 1. The van der Waals surface area contributed by atoms with Crippen molar-refractivity contribution in [1.82, 2.24) is 4.98 Å². The number of Topliss-reactive ketones (excluding diaryl/α,β-unsaturated/α-hetero) is 1. The van der Waals surface area contributed by atoms with Gasteiger partial charge in [0.05, 0.1) is 25.6 Å². The van der Waals surface area contributed by atoms with Crippen molar-refractivity contribution in [2.75, 3.05) is 20.1 Å². The number of nitrogens with zero attached hydrogens (tertiary/aromatic N) is 2. The number of likely N-dealkylation sites (N-methyl/N-ethyl adjacent to an activating group) is 1. The molecule has 6 nitrogen and oxygen atoms in total. The van der Waals surface area contributed by atoms with Gasteiger partial charge < -0.3 is 19.4 Å². The molecule has 0 amide bonds. The number of aryl methyl sites for hydroxylation is 1. The van der Waals surface area contributed by atoms with Crippen LogP contribution in [-0.4, -0.2) is 63.3 Å². The van der Waals surface area contributed by atoms with Crippen LogP contribution in [0, 0.1) is 18.8 Å². The topological polar surface area (TPSA) is 79.7 Å². The lowest BCUT2D eigenvalue weighted by molar-refractivity contribution is -0.950. The lowest BCUT2D eigenvalue weighted by atomic mass is 9.46. The Morgan fingerprint density at radius 3 is 2.83 bits per heavy atom. The van der Waals surface area contributed by atoms with Gasteiger partial charge in [-0.15, -0.1) is 0 Å². The number of carbonyl (C=O) groups excluding carboxylic acids is 1. The number of rotatable bonds is 5. The molecular formula is C29H35N2O4+. The summed E-state index contributed by atoms with van der Waals surface area (Å²) >= 11 is 0. The number of ketones is 1. The van der Waals surface area contributed by atoms with Crippen molar-refractivity contribution >= 4 is 5.78 Å². The Kier molecular flexibility index (Phi) is 4.41. The molecule has 1 saturated heterocycles. The van der Waals surface area contributed by atoms with E-state index in [1.54, 1.807) is 24.5 Å². The van der Waals surface area contributed by atoms with Gasteiger partial charge in [-0.05, 0) is 55.9 Å². The Hall–Kier alpha value is -2.44. The lowest BCUT2D eigenvalue weighted by Gasteiger charge is -2.65. The van der Waals surface area contributed by atoms with Crippen LogP contribution in [0.3, 0.4) is 0 Å². The molecule has 0 unspecified atom stereocenters. The van der Waals surface area contributed by atoms with E-state index in [-0.39, 0.29) is 29.6 Å². The fourth-order valence-electron chi connectivity index (χ4n) is 8.60. The summed E-state index contributed by atoms with van der Waals surface area (Å²) < 4.78 is 7.56. The maximum atomic E-state index is 13.4. The molecule has 6 atom stereocenters. The number of aromatic hydroxyl groups is 1. The molecule has 3 heterocycles. The number of piperidine rings is 1. The number of quaternary nitrogens is 1. The van der Waals surface area contributed by atoms with E-state index in [1.807, 2.05) is 6.92 Å². The summed E-state index contributed by atoms with van der Waals surface area (Å²) in [5.74, 6) is 1.60. The average molecular weight is 476 g/mol. The second-order valence-electron chi connectivity index (χ2n) is 12.3. The first-order valence-electron chi connectivity index (χ1n) is 13.3. The van der Waals surface area contributed by atoms with Crippen LogP contribution in [-0.2, 0) is 11.8 Å². The lowest BCUT2D eigenvalue weighted by Crippen LogP contribution is -2.80. The van der Waals surface area contributed by atoms with Crippen molar-refractivity contribution in [1.29, 1.82) is 0 Å². The number of ether oxygens (including phenoxy) is 1. The predicted octanol–water partition coefficient (Wildman–Crippen LogP) is 3.69. The zero-order valence-electron chi connectivity index (χ0n) is 20.7. The quantitative estimate of drug-likeness (QED) is 0.509. The number of hydrogen-bond acceptors (Lipinski definition) is 5. The standard InChI is InChI=1S/C29H34N2O4/c1-17-15-30-11-8-21(17)23(33)13-20-7-9-29(34)24-14-19-5-6-22(32)26-25(19)28(29,27(20)35-26)10-12-31(24,2)16-18-3-4-18/h5-6,8,11,15,18,20,24,27,34H,3-4,7,9-10,12-14,16H2,1-2H3/p+1/t20-,24+,27-,28-,29+,31-/m0/s1. The molecule has 1 aromatic heterocycles. The van der Waals surface area contributed by atoms with Crippen LogP contribution in [0.25, 0.3) is 0 Å². The number of likely N-dealkylation sites (tertiary alicyclic amines) is 1. The molecule has 3 aliphatic carbocycles. The van der Waals surface area contributed by atoms with Gasteiger partial charge in [-0.25, -0.2) is 0 Å². The fourth-order valence-corrected chi connectivity index (χ4v) is 8.60. The van der Waals surface area contributed by atoms with Gasteiger partial charge in [0.25, 0.3) is 0 Å². The van der Waals surface area contributed by atoms with E-state index in [1.165, 1.54) is 18.4 Å². The van der Waals surface area contributed by atoms with Crippen molar-refractivity contribution < 1.29 is 24.2 Å². The first-order valence-corrected chi connectivity index (χ1v) is 13.3. The van der Waals surface area contributed by atoms with E-state index in [4.69, 9.17) is 4.74 Å². The van der Waals surface area contributed by atoms with Gasteiger partial charge in [0, 0.05) is 54.6 Å². The predicted molar refractivity (Wildman–Crippen MR) is 131 cm³/mol. The van der Waals surface area contributed by atoms with Crippen molar-refractivity contribution in [3.05, 3.63) is 52.8 Å². The van der Waals surface area contributed by atoms with Crippen LogP contribution in [0.1, 0.15) is 65.6 Å². The highest BCUT2D eigenvalue weighted by Gasteiger charge is 2.76. The molecule has 184 valence electrons. The number of hydrogen-bond donors (Lipinski definition) is 2. The molecule has 6 heteroatoms. The van der Waals surface area contributed by atoms with E-state index in [2.05, 4.69) is 18.1 Å². The molecule has 35 heavy (non-hydrogen) atoms. The zero-order chi connectivity index (χ0) is 24.2. The maximum absolute atomic E-state index is 13.4. The van der Waals surface area contributed by atoms with Crippen molar-refractivity contribution in [3.8, 4) is 11.5 Å². The second kappa shape index (κ2) is 7.07. The minimum absolute atomic E-state index is 0.00553. The molecular weight excluding hydrogens is 440 g/mol. The zero-order valence-corrected chi connectivity index (χ0v) is 20.7. The first kappa shape index (κ1) is 21.8. The summed E-state index contributed by atoms with van der Waals surface area (Å²) in [6.07, 6.45) is 9.20. The molecule has 0 radical (unpaired) electrons. The third kappa shape index (κ3) is 2.78. The average Bonchev–Trinajstić information content (AvgIpc) is 3.56. The third-order valence-corrected chi connectivity index (χ3v) is 10.4. The highest BCUT2D eigenvalue weighted by molar-refractivity contribution is 5.97. The van der Waals surface area contributed by atoms with Gasteiger partial charge >= 0.3 is 0 Å². The minimum Gasteiger partial charge on any atom is -0.504 e. The highest BCUT2D eigenvalue weighted by atomic mass is 16.5. The van der Waals surface area contributed by atoms with E-state index >= 15 is 0 Å². The number of benzene rings is 1. The number of aromatic nitrogens is 1. The summed E-state index contributed by atoms with van der Waals surface area (Å²) in [6.45, 7) is 4.07. The van der Waals surface area contributed by atoms with Gasteiger partial charge in [-0.2, -0.15) is 0 Å². The Bertz CT molecular complexity index is 1240. The SMILES string of the molecule is Cc1cnccc1C(=O)C[C@@H]1CC[C@@]2(O)[C@H]3Cc4ccc(O)c5c4[C@@]2(CC[N@@+]3(C)CC2CC2)[C@H]1O5. The summed E-state index contributed by atoms with van der Waals surface area (Å²) in [7, 11) is 2.35. The molecule has 2 aromatic rings. The van der Waals surface area contributed by atoms with Gasteiger partial charge in [0.15, 0.2) is 17.3 Å². The molecule has 1 spiro atoms. The number of phenolic OH excluding ortho intramolecular Hbond substituents is 1. The monoisotopic (exact) mass is 475 g/mol. The van der Waals surface area contributed by atoms with Crippen molar-refractivity contribution in [2.45, 2.75) is 75.0 Å². The maximum Gasteiger partial charge on any atom is 0.165 e. The van der Waals surface area contributed by atoms with E-state index < -0.39 is 11.0 Å². The summed E-state index contributed by atoms with van der Waals surface area (Å²) in [4.78, 5) is 17.5. The van der Waals surface area contributed by atoms with Crippen LogP contribution in [0.5, 0.6) is 11.5 Å². The number of phenols is 1. The van der Waals surface area contributed by atoms with Crippen molar-refractivity contribution in [3.63, 3.8) is 0 Å². The molecule has 2 saturated carbocycles. The highest BCUT2D eigenvalue weighted by Crippen LogP contribution is 2.67. The Morgan fingerprint density at radius 2 is 2.06 bits per heavy atom. The van der Waals surface area contributed by atoms with Gasteiger partial charge in [0.1, 0.15) is 17.7 Å². The second-order valence-corrected chi connectivity index (χ2v) is 12.3. The molecule has 2 N–H and O–H groups in total. The molecule has 1 aromatic carbocycles. The van der Waals surface area contributed by atoms with Gasteiger partial charge in [-0.1, -0.05) is 6.07 Å². The van der Waals surface area contributed by atoms with Gasteiger partial charge in [-0.3, -0.25) is 9.78 Å². The summed E-state index contributed by atoms with van der Waals surface area (Å²) in [5, 5.41) is 23.5. The molecule has 5 aliphatic rings. The van der Waals surface area contributed by atoms with Crippen LogP contribution in [0.2, 0.25) is 0 Å². The molecule has 2 bridgehead atoms. The smallest absolute Gasteiger partial charge is 0.165 e. The molecule has 2 aliphatic heterocycles. The summed E-state index contributed by atoms with van der Waals surface area (Å²) in [6, 6.07) is 5.73. The Balaban J connectivity index is 1.32. The van der Waals surface area contributed by atoms with Crippen LogP contribution >= 0.6 is 0 Å². The van der Waals surface area contributed by atoms with E-state index in [9.17, 15) is 15.0 Å². The number of pyridine rings is 1. The third-order valence-electron chi connectivity index (χ3n) is 10.4. The minimum atomic E-state index is -0.891. The van der Waals surface area contributed by atoms with Crippen LogP contribution in [0.4, 0.5) is 0 Å². The number of aliphatic hydroxyl groups is 1. The fraction of sp³-hybridized carbons (Fsp3) is 0.586. The van der Waals surface area contributed by atoms with Crippen molar-refractivity contribution in [2.24, 2.45) is 11.8 Å². The van der Waals surface area contributed by atoms with Gasteiger partial charge in [0.2, 0.25) is 0 Å². The van der Waals surface area contributed by atoms with E-state index in [0.717, 1.165) is 59.4 Å². The first-order chi connectivity index (χ1) is 16.8. The van der Waals surface area contributed by atoms with Crippen LogP contribution < -0.4 is 4.74 Å². The van der Waals surface area contributed by atoms with Crippen LogP contribution in [0.15, 0.2) is 30.6 Å². The van der Waals surface area contributed by atoms with E-state index in [0.29, 0.717) is 18.6 Å². The Labute approximate surface area is 206 Å².